The van der Waals surface area contributed by atoms with Crippen LogP contribution in [0.5, 0.6) is 5.88 Å². The highest BCUT2D eigenvalue weighted by Crippen LogP contribution is 2.13. The molecule has 0 radical (unpaired) electrons. The summed E-state index contributed by atoms with van der Waals surface area (Å²) in [5.74, 6) is 0.520. The molecule has 0 aliphatic heterocycles. The molecular weight excluding hydrogens is 204 g/mol. The van der Waals surface area contributed by atoms with E-state index in [2.05, 4.69) is 15.0 Å². The zero-order valence-electron chi connectivity index (χ0n) is 9.34. The second kappa shape index (κ2) is 4.02. The fraction of sp³-hybridized carbons (Fsp3) is 0.364. The molecule has 2 aromatic heterocycles. The molecule has 0 atom stereocenters. The number of hydrogen-bond donors (Lipinski definition) is 1. The van der Waals surface area contributed by atoms with Gasteiger partial charge in [-0.3, -0.25) is 4.98 Å². The Labute approximate surface area is 93.7 Å². The number of hydrogen-bond acceptors (Lipinski definition) is 5. The van der Waals surface area contributed by atoms with Gasteiger partial charge in [-0.15, -0.1) is 0 Å². The van der Waals surface area contributed by atoms with Gasteiger partial charge in [-0.05, 0) is 19.9 Å². The Balaban J connectivity index is 2.20. The Bertz CT molecular complexity index is 493. The van der Waals surface area contributed by atoms with Crippen molar-refractivity contribution in [3.8, 4) is 5.88 Å². The Morgan fingerprint density at radius 3 is 2.75 bits per heavy atom. The molecule has 2 rings (SSSR count). The summed E-state index contributed by atoms with van der Waals surface area (Å²) >= 11 is 0. The summed E-state index contributed by atoms with van der Waals surface area (Å²) in [6.45, 7) is 4.20. The lowest BCUT2D eigenvalue weighted by Crippen LogP contribution is -2.38. The summed E-state index contributed by atoms with van der Waals surface area (Å²) in [5, 5.41) is 0. The zero-order valence-corrected chi connectivity index (χ0v) is 9.34. The highest BCUT2D eigenvalue weighted by atomic mass is 16.5. The van der Waals surface area contributed by atoms with E-state index in [1.165, 1.54) is 0 Å². The number of rotatable bonds is 3. The van der Waals surface area contributed by atoms with Gasteiger partial charge < -0.3 is 10.5 Å². The summed E-state index contributed by atoms with van der Waals surface area (Å²) in [5.41, 5.74) is 6.77. The van der Waals surface area contributed by atoms with Crippen LogP contribution >= 0.6 is 0 Å². The van der Waals surface area contributed by atoms with Gasteiger partial charge in [0.15, 0.2) is 5.65 Å². The van der Waals surface area contributed by atoms with Crippen molar-refractivity contribution in [1.29, 1.82) is 0 Å². The van der Waals surface area contributed by atoms with Crippen LogP contribution in [-0.4, -0.2) is 27.1 Å². The Morgan fingerprint density at radius 1 is 1.25 bits per heavy atom. The molecule has 0 aliphatic rings. The molecule has 0 saturated carbocycles. The zero-order chi connectivity index (χ0) is 11.6. The molecule has 2 aromatic rings. The van der Waals surface area contributed by atoms with Crippen molar-refractivity contribution in [2.24, 2.45) is 5.73 Å². The first-order valence-corrected chi connectivity index (χ1v) is 5.04. The maximum absolute atomic E-state index is 5.82. The minimum atomic E-state index is -0.376. The summed E-state index contributed by atoms with van der Waals surface area (Å²) in [7, 11) is 0. The van der Waals surface area contributed by atoms with Crippen LogP contribution in [0.2, 0.25) is 0 Å². The number of pyridine rings is 1. The van der Waals surface area contributed by atoms with Crippen LogP contribution in [0.15, 0.2) is 24.5 Å². The Hall–Kier alpha value is -1.75. The lowest BCUT2D eigenvalue weighted by Gasteiger charge is -2.18. The normalized spacial score (nSPS) is 11.7. The van der Waals surface area contributed by atoms with E-state index in [0.717, 1.165) is 5.52 Å². The van der Waals surface area contributed by atoms with E-state index in [1.54, 1.807) is 18.5 Å². The van der Waals surface area contributed by atoms with E-state index in [1.807, 2.05) is 19.9 Å². The van der Waals surface area contributed by atoms with Crippen LogP contribution in [0, 0.1) is 0 Å². The Kier molecular flexibility index (Phi) is 2.70. The van der Waals surface area contributed by atoms with Gasteiger partial charge in [0.25, 0.3) is 0 Å². The first kappa shape index (κ1) is 10.8. The molecule has 2 heterocycles. The first-order chi connectivity index (χ1) is 7.54. The van der Waals surface area contributed by atoms with E-state index in [4.69, 9.17) is 10.5 Å². The summed E-state index contributed by atoms with van der Waals surface area (Å²) in [4.78, 5) is 12.5. The lowest BCUT2D eigenvalue weighted by atomic mass is 10.1. The second-order valence-electron chi connectivity index (χ2n) is 4.33. The van der Waals surface area contributed by atoms with Gasteiger partial charge in [-0.25, -0.2) is 4.98 Å². The third-order valence-electron chi connectivity index (χ3n) is 1.90. The third kappa shape index (κ3) is 2.64. The molecule has 0 aromatic carbocycles. The van der Waals surface area contributed by atoms with Gasteiger partial charge in [0.05, 0.1) is 0 Å². The SMILES string of the molecule is CC(C)(N)COc1ccc2nccnc2n1. The van der Waals surface area contributed by atoms with Crippen LogP contribution < -0.4 is 10.5 Å². The van der Waals surface area contributed by atoms with E-state index in [-0.39, 0.29) is 5.54 Å². The number of nitrogens with two attached hydrogens (primary N) is 1. The molecule has 0 amide bonds. The molecule has 0 spiro atoms. The molecule has 0 aliphatic carbocycles. The van der Waals surface area contributed by atoms with E-state index >= 15 is 0 Å². The maximum Gasteiger partial charge on any atom is 0.215 e. The van der Waals surface area contributed by atoms with Crippen molar-refractivity contribution in [3.63, 3.8) is 0 Å². The van der Waals surface area contributed by atoms with Crippen LogP contribution in [0.25, 0.3) is 11.2 Å². The molecule has 0 bridgehead atoms. The van der Waals surface area contributed by atoms with Gasteiger partial charge in [0.2, 0.25) is 5.88 Å². The minimum Gasteiger partial charge on any atom is -0.476 e. The molecule has 0 saturated heterocycles. The van der Waals surface area contributed by atoms with Crippen LogP contribution in [-0.2, 0) is 0 Å². The molecule has 16 heavy (non-hydrogen) atoms. The van der Waals surface area contributed by atoms with Gasteiger partial charge in [-0.1, -0.05) is 0 Å². The van der Waals surface area contributed by atoms with E-state index in [0.29, 0.717) is 18.1 Å². The molecule has 2 N–H and O–H groups in total. The van der Waals surface area contributed by atoms with Gasteiger partial charge in [0, 0.05) is 24.0 Å². The van der Waals surface area contributed by atoms with E-state index in [9.17, 15) is 0 Å². The molecule has 0 unspecified atom stereocenters. The maximum atomic E-state index is 5.82. The highest BCUT2D eigenvalue weighted by molar-refractivity contribution is 5.69. The lowest BCUT2D eigenvalue weighted by molar-refractivity contribution is 0.236. The van der Waals surface area contributed by atoms with Crippen LogP contribution in [0.3, 0.4) is 0 Å². The summed E-state index contributed by atoms with van der Waals surface area (Å²) in [6.07, 6.45) is 3.24. The average molecular weight is 218 g/mol. The summed E-state index contributed by atoms with van der Waals surface area (Å²) in [6, 6.07) is 3.59. The minimum absolute atomic E-state index is 0.376. The fourth-order valence-electron chi connectivity index (χ4n) is 1.18. The Morgan fingerprint density at radius 2 is 2.00 bits per heavy atom. The topological polar surface area (TPSA) is 73.9 Å². The molecule has 5 heteroatoms. The van der Waals surface area contributed by atoms with Gasteiger partial charge in [0.1, 0.15) is 12.1 Å². The van der Waals surface area contributed by atoms with Gasteiger partial charge in [-0.2, -0.15) is 4.98 Å². The monoisotopic (exact) mass is 218 g/mol. The molecular formula is C11H14N4O. The van der Waals surface area contributed by atoms with Crippen molar-refractivity contribution in [1.82, 2.24) is 15.0 Å². The average Bonchev–Trinajstić information content (AvgIpc) is 2.25. The highest BCUT2D eigenvalue weighted by Gasteiger charge is 2.12. The molecule has 0 fully saturated rings. The number of ether oxygens (including phenoxy) is 1. The van der Waals surface area contributed by atoms with Crippen molar-refractivity contribution in [3.05, 3.63) is 24.5 Å². The van der Waals surface area contributed by atoms with Crippen molar-refractivity contribution in [2.45, 2.75) is 19.4 Å². The second-order valence-corrected chi connectivity index (χ2v) is 4.33. The van der Waals surface area contributed by atoms with Crippen molar-refractivity contribution < 1.29 is 4.74 Å². The van der Waals surface area contributed by atoms with Crippen LogP contribution in [0.4, 0.5) is 0 Å². The predicted octanol–water partition coefficient (Wildman–Crippen LogP) is 1.14. The summed E-state index contributed by atoms with van der Waals surface area (Å²) < 4.78 is 5.47. The van der Waals surface area contributed by atoms with Crippen molar-refractivity contribution >= 4 is 11.2 Å². The number of nitrogens with zero attached hydrogens (tertiary/aromatic N) is 3. The van der Waals surface area contributed by atoms with E-state index < -0.39 is 0 Å². The molecule has 5 nitrogen and oxygen atoms in total. The third-order valence-corrected chi connectivity index (χ3v) is 1.90. The number of aromatic nitrogens is 3. The number of fused-ring (bicyclic) bond motifs is 1. The van der Waals surface area contributed by atoms with Gasteiger partial charge >= 0.3 is 0 Å². The van der Waals surface area contributed by atoms with Crippen molar-refractivity contribution in [2.75, 3.05) is 6.61 Å². The quantitative estimate of drug-likeness (QED) is 0.836. The smallest absolute Gasteiger partial charge is 0.215 e. The first-order valence-electron chi connectivity index (χ1n) is 5.04. The van der Waals surface area contributed by atoms with Crippen LogP contribution in [0.1, 0.15) is 13.8 Å². The fourth-order valence-corrected chi connectivity index (χ4v) is 1.18. The largest absolute Gasteiger partial charge is 0.476 e. The predicted molar refractivity (Wildman–Crippen MR) is 61.1 cm³/mol. The molecule has 84 valence electrons. The standard InChI is InChI=1S/C11H14N4O/c1-11(2,12)7-16-9-4-3-8-10(15-9)14-6-5-13-8/h3-6H,7,12H2,1-2H3.